The molecular formula is C11H16BrN3S2. The number of hydrogen-bond donors (Lipinski definition) is 1. The van der Waals surface area contributed by atoms with Crippen LogP contribution in [-0.2, 0) is 6.42 Å². The molecule has 6 heteroatoms. The van der Waals surface area contributed by atoms with Crippen LogP contribution in [0.4, 0.5) is 5.82 Å². The van der Waals surface area contributed by atoms with E-state index in [9.17, 15) is 0 Å². The number of anilines is 1. The molecule has 0 radical (unpaired) electrons. The molecule has 0 aromatic carbocycles. The number of aryl methyl sites for hydroxylation is 1. The Morgan fingerprint density at radius 2 is 2.06 bits per heavy atom. The van der Waals surface area contributed by atoms with Crippen LogP contribution in [0.25, 0.3) is 0 Å². The zero-order valence-electron chi connectivity index (χ0n) is 9.94. The minimum Gasteiger partial charge on any atom is -0.383 e. The Bertz CT molecular complexity index is 414. The van der Waals surface area contributed by atoms with Crippen LogP contribution in [0.3, 0.4) is 0 Å². The smallest absolute Gasteiger partial charge is 0.145 e. The highest BCUT2D eigenvalue weighted by Crippen LogP contribution is 2.41. The highest BCUT2D eigenvalue weighted by Gasteiger charge is 2.27. The Balaban J connectivity index is 2.34. The maximum atomic E-state index is 5.94. The Morgan fingerprint density at radius 3 is 2.71 bits per heavy atom. The first kappa shape index (κ1) is 13.5. The molecule has 1 aliphatic rings. The van der Waals surface area contributed by atoms with Crippen molar-refractivity contribution >= 4 is 45.3 Å². The Labute approximate surface area is 119 Å². The molecule has 94 valence electrons. The molecule has 2 atom stereocenters. The SMILES string of the molecule is CCc1nc(C2SCCSC2C)nc(N)c1Br. The monoisotopic (exact) mass is 333 g/mol. The molecule has 0 aliphatic carbocycles. The van der Waals surface area contributed by atoms with Gasteiger partial charge in [0.15, 0.2) is 0 Å². The summed E-state index contributed by atoms with van der Waals surface area (Å²) in [6.45, 7) is 4.33. The molecule has 1 aromatic rings. The van der Waals surface area contributed by atoms with Crippen molar-refractivity contribution in [1.29, 1.82) is 0 Å². The first-order valence-electron chi connectivity index (χ1n) is 5.68. The largest absolute Gasteiger partial charge is 0.383 e. The van der Waals surface area contributed by atoms with Gasteiger partial charge in [-0.15, -0.1) is 11.8 Å². The van der Waals surface area contributed by atoms with Crippen LogP contribution < -0.4 is 5.73 Å². The lowest BCUT2D eigenvalue weighted by atomic mass is 10.2. The fourth-order valence-electron chi connectivity index (χ4n) is 1.81. The molecule has 2 N–H and O–H groups in total. The number of nitrogens with zero attached hydrogens (tertiary/aromatic N) is 2. The van der Waals surface area contributed by atoms with Crippen LogP contribution in [0.1, 0.15) is 30.6 Å². The lowest BCUT2D eigenvalue weighted by Gasteiger charge is -2.27. The quantitative estimate of drug-likeness (QED) is 0.899. The first-order valence-corrected chi connectivity index (χ1v) is 8.57. The minimum absolute atomic E-state index is 0.370. The van der Waals surface area contributed by atoms with E-state index in [1.165, 1.54) is 11.5 Å². The molecule has 1 aliphatic heterocycles. The zero-order chi connectivity index (χ0) is 12.4. The van der Waals surface area contributed by atoms with Gasteiger partial charge in [-0.3, -0.25) is 0 Å². The van der Waals surface area contributed by atoms with Crippen LogP contribution in [0.5, 0.6) is 0 Å². The maximum Gasteiger partial charge on any atom is 0.145 e. The highest BCUT2D eigenvalue weighted by molar-refractivity contribution is 9.10. The summed E-state index contributed by atoms with van der Waals surface area (Å²) >= 11 is 7.38. The van der Waals surface area contributed by atoms with Crippen LogP contribution in [0.15, 0.2) is 4.47 Å². The molecule has 2 unspecified atom stereocenters. The standard InChI is InChI=1S/C11H16BrN3S2/c1-3-7-8(12)10(13)15-11(14-7)9-6(2)16-4-5-17-9/h6,9H,3-5H2,1-2H3,(H2,13,14,15). The molecule has 0 saturated carbocycles. The number of halogens is 1. The predicted molar refractivity (Wildman–Crippen MR) is 80.6 cm³/mol. The maximum absolute atomic E-state index is 5.94. The van der Waals surface area contributed by atoms with E-state index in [2.05, 4.69) is 39.7 Å². The van der Waals surface area contributed by atoms with Gasteiger partial charge in [0.05, 0.1) is 15.4 Å². The van der Waals surface area contributed by atoms with Crippen LogP contribution >= 0.6 is 39.5 Å². The van der Waals surface area contributed by atoms with Gasteiger partial charge in [-0.25, -0.2) is 9.97 Å². The van der Waals surface area contributed by atoms with E-state index in [4.69, 9.17) is 5.73 Å². The number of aromatic nitrogens is 2. The third-order valence-corrected chi connectivity index (χ3v) is 6.69. The summed E-state index contributed by atoms with van der Waals surface area (Å²) in [6, 6.07) is 0. The molecule has 1 fully saturated rings. The summed E-state index contributed by atoms with van der Waals surface area (Å²) in [7, 11) is 0. The van der Waals surface area contributed by atoms with Gasteiger partial charge in [0, 0.05) is 16.8 Å². The predicted octanol–water partition coefficient (Wildman–Crippen LogP) is 3.29. The molecule has 0 spiro atoms. The van der Waals surface area contributed by atoms with Crippen molar-refractivity contribution in [2.75, 3.05) is 17.2 Å². The summed E-state index contributed by atoms with van der Waals surface area (Å²) in [5.74, 6) is 3.84. The molecule has 1 saturated heterocycles. The van der Waals surface area contributed by atoms with E-state index in [-0.39, 0.29) is 0 Å². The van der Waals surface area contributed by atoms with Crippen LogP contribution in [-0.4, -0.2) is 26.7 Å². The van der Waals surface area contributed by atoms with Crippen LogP contribution in [0, 0.1) is 0 Å². The van der Waals surface area contributed by atoms with E-state index >= 15 is 0 Å². The molecule has 1 aromatic heterocycles. The van der Waals surface area contributed by atoms with Crippen molar-refractivity contribution in [3.63, 3.8) is 0 Å². The first-order chi connectivity index (χ1) is 8.13. The zero-order valence-corrected chi connectivity index (χ0v) is 13.2. The van der Waals surface area contributed by atoms with E-state index in [1.54, 1.807) is 0 Å². The van der Waals surface area contributed by atoms with Gasteiger partial charge in [-0.2, -0.15) is 11.8 Å². The van der Waals surface area contributed by atoms with E-state index < -0.39 is 0 Å². The van der Waals surface area contributed by atoms with Crippen molar-refractivity contribution < 1.29 is 0 Å². The molecule has 3 nitrogen and oxygen atoms in total. The molecule has 0 amide bonds. The van der Waals surface area contributed by atoms with Gasteiger partial charge >= 0.3 is 0 Å². The van der Waals surface area contributed by atoms with Crippen molar-refractivity contribution in [2.45, 2.75) is 30.8 Å². The lowest BCUT2D eigenvalue weighted by Crippen LogP contribution is -2.19. The third kappa shape index (κ3) is 2.90. The van der Waals surface area contributed by atoms with Crippen molar-refractivity contribution in [1.82, 2.24) is 9.97 Å². The Kier molecular flexibility index (Phi) is 4.60. The number of hydrogen-bond acceptors (Lipinski definition) is 5. The Morgan fingerprint density at radius 1 is 1.35 bits per heavy atom. The fourth-order valence-corrected chi connectivity index (χ4v) is 4.96. The second-order valence-corrected chi connectivity index (χ2v) is 7.48. The average molecular weight is 334 g/mol. The lowest BCUT2D eigenvalue weighted by molar-refractivity contribution is 0.804. The van der Waals surface area contributed by atoms with Gasteiger partial charge in [0.1, 0.15) is 11.6 Å². The number of nitrogens with two attached hydrogens (primary N) is 1. The van der Waals surface area contributed by atoms with Gasteiger partial charge in [0.2, 0.25) is 0 Å². The molecular weight excluding hydrogens is 318 g/mol. The number of rotatable bonds is 2. The van der Waals surface area contributed by atoms with Gasteiger partial charge < -0.3 is 5.73 Å². The highest BCUT2D eigenvalue weighted by atomic mass is 79.9. The van der Waals surface area contributed by atoms with Crippen molar-refractivity contribution in [2.24, 2.45) is 0 Å². The molecule has 17 heavy (non-hydrogen) atoms. The molecule has 2 heterocycles. The molecule has 0 bridgehead atoms. The van der Waals surface area contributed by atoms with Crippen molar-refractivity contribution in [3.05, 3.63) is 16.0 Å². The summed E-state index contributed by atoms with van der Waals surface area (Å²) in [4.78, 5) is 9.09. The van der Waals surface area contributed by atoms with Gasteiger partial charge in [-0.05, 0) is 22.4 Å². The van der Waals surface area contributed by atoms with Gasteiger partial charge in [-0.1, -0.05) is 13.8 Å². The summed E-state index contributed by atoms with van der Waals surface area (Å²) < 4.78 is 0.852. The van der Waals surface area contributed by atoms with Gasteiger partial charge in [0.25, 0.3) is 0 Å². The second-order valence-electron chi connectivity index (χ2n) is 3.95. The fraction of sp³-hybridized carbons (Fsp3) is 0.636. The van der Waals surface area contributed by atoms with Crippen LogP contribution in [0.2, 0.25) is 0 Å². The van der Waals surface area contributed by atoms with E-state index in [0.29, 0.717) is 16.3 Å². The second kappa shape index (κ2) is 5.80. The minimum atomic E-state index is 0.370. The summed E-state index contributed by atoms with van der Waals surface area (Å²) in [6.07, 6.45) is 0.874. The van der Waals surface area contributed by atoms with Crippen molar-refractivity contribution in [3.8, 4) is 0 Å². The average Bonchev–Trinajstić information content (AvgIpc) is 2.33. The molecule has 2 rings (SSSR count). The van der Waals surface area contributed by atoms with E-state index in [0.717, 1.165) is 22.4 Å². The summed E-state index contributed by atoms with van der Waals surface area (Å²) in [5.41, 5.74) is 6.95. The number of thioether (sulfide) groups is 2. The Hall–Kier alpha value is 0.0600. The normalized spacial score (nSPS) is 24.9. The summed E-state index contributed by atoms with van der Waals surface area (Å²) in [5, 5.41) is 0.925. The van der Waals surface area contributed by atoms with E-state index in [1.807, 2.05) is 23.5 Å². The third-order valence-electron chi connectivity index (χ3n) is 2.74. The number of nitrogen functional groups attached to an aromatic ring is 1. The topological polar surface area (TPSA) is 51.8 Å².